The van der Waals surface area contributed by atoms with Crippen molar-refractivity contribution in [3.63, 3.8) is 0 Å². The molecule has 0 saturated heterocycles. The number of aromatic nitrogens is 1. The molecule has 3 heterocycles. The second-order valence-electron chi connectivity index (χ2n) is 8.21. The lowest BCUT2D eigenvalue weighted by Crippen LogP contribution is -2.22. The minimum atomic E-state index is -0.359. The minimum absolute atomic E-state index is 0. The Kier molecular flexibility index (Phi) is 5.43. The van der Waals surface area contributed by atoms with Crippen molar-refractivity contribution < 1.29 is 8.83 Å². The maximum Gasteiger partial charge on any atom is 0.336 e. The molecular weight excluding hydrogens is 400 g/mol. The molecule has 1 N–H and O–H groups in total. The third-order valence-corrected chi connectivity index (χ3v) is 5.74. The molecule has 0 atom stereocenters. The summed E-state index contributed by atoms with van der Waals surface area (Å²) in [6.07, 6.45) is 5.16. The molecule has 1 aliphatic carbocycles. The summed E-state index contributed by atoms with van der Waals surface area (Å²) in [5.41, 5.74) is 6.37. The molecule has 156 valence electrons. The van der Waals surface area contributed by atoms with Crippen molar-refractivity contribution in [1.82, 2.24) is 10.3 Å². The lowest BCUT2D eigenvalue weighted by molar-refractivity contribution is 0.559. The van der Waals surface area contributed by atoms with Gasteiger partial charge in [0.05, 0.1) is 5.69 Å². The highest BCUT2D eigenvalue weighted by molar-refractivity contribution is 5.96. The Bertz CT molecular complexity index is 1300. The first-order valence-electron chi connectivity index (χ1n) is 10.2. The molecule has 0 saturated carbocycles. The highest BCUT2D eigenvalue weighted by Crippen LogP contribution is 2.36. The number of nitrogens with zero attached hydrogens (tertiary/aromatic N) is 1. The van der Waals surface area contributed by atoms with Crippen molar-refractivity contribution >= 4 is 34.3 Å². The predicted octanol–water partition coefficient (Wildman–Crippen LogP) is 5.32. The van der Waals surface area contributed by atoms with Crippen LogP contribution in [0.2, 0.25) is 0 Å². The molecule has 4 aromatic rings. The molecule has 0 bridgehead atoms. The predicted molar refractivity (Wildman–Crippen MR) is 121 cm³/mol. The Morgan fingerprint density at radius 2 is 1.83 bits per heavy atom. The lowest BCUT2D eigenvalue weighted by Gasteiger charge is -2.08. The highest BCUT2D eigenvalue weighted by Gasteiger charge is 2.19. The standard InChI is InChI=1S/C24H24N2O3.ClH/c1-13(2)25-11-17-12-26-14(3)24-18(17)9-22(29-24)20-10-23(27)28-21-8-16-6-4-5-15(16)7-19(20)21;/h7-10,12-13,25H,4-6,11H2,1-3H3;1H. The van der Waals surface area contributed by atoms with Gasteiger partial charge in [0.25, 0.3) is 0 Å². The van der Waals surface area contributed by atoms with Crippen LogP contribution >= 0.6 is 12.4 Å². The van der Waals surface area contributed by atoms with Gasteiger partial charge in [0.1, 0.15) is 11.3 Å². The number of hydrogen-bond acceptors (Lipinski definition) is 5. The summed E-state index contributed by atoms with van der Waals surface area (Å²) < 4.78 is 11.8. The number of nitrogens with one attached hydrogen (secondary N) is 1. The van der Waals surface area contributed by atoms with Gasteiger partial charge in [-0.3, -0.25) is 4.98 Å². The van der Waals surface area contributed by atoms with Crippen LogP contribution in [0.5, 0.6) is 0 Å². The summed E-state index contributed by atoms with van der Waals surface area (Å²) >= 11 is 0. The molecule has 1 aromatic carbocycles. The second kappa shape index (κ2) is 7.89. The monoisotopic (exact) mass is 424 g/mol. The average molecular weight is 425 g/mol. The number of fused-ring (bicyclic) bond motifs is 3. The SMILES string of the molecule is Cc1ncc(CNC(C)C)c2cc(-c3cc(=O)oc4cc5c(cc34)CCC5)oc12.Cl. The molecule has 0 fully saturated rings. The van der Waals surface area contributed by atoms with Crippen molar-refractivity contribution in [1.29, 1.82) is 0 Å². The van der Waals surface area contributed by atoms with E-state index in [1.165, 1.54) is 17.2 Å². The number of aryl methyl sites for hydroxylation is 3. The fraction of sp³-hybridized carbons (Fsp3) is 0.333. The van der Waals surface area contributed by atoms with E-state index in [0.29, 0.717) is 23.9 Å². The maximum atomic E-state index is 12.3. The number of pyridine rings is 1. The molecule has 0 amide bonds. The first kappa shape index (κ1) is 20.6. The van der Waals surface area contributed by atoms with Gasteiger partial charge in [0.2, 0.25) is 0 Å². The van der Waals surface area contributed by atoms with Gasteiger partial charge in [-0.1, -0.05) is 13.8 Å². The van der Waals surface area contributed by atoms with Crippen molar-refractivity contribution in [3.05, 3.63) is 63.3 Å². The molecule has 3 aromatic heterocycles. The van der Waals surface area contributed by atoms with Gasteiger partial charge in [-0.15, -0.1) is 12.4 Å². The van der Waals surface area contributed by atoms with E-state index in [1.807, 2.05) is 25.3 Å². The number of halogens is 1. The van der Waals surface area contributed by atoms with Gasteiger partial charge in [0, 0.05) is 41.2 Å². The number of rotatable bonds is 4. The molecule has 30 heavy (non-hydrogen) atoms. The second-order valence-corrected chi connectivity index (χ2v) is 8.21. The van der Waals surface area contributed by atoms with Crippen LogP contribution in [0.3, 0.4) is 0 Å². The van der Waals surface area contributed by atoms with E-state index in [1.54, 1.807) is 0 Å². The summed E-state index contributed by atoms with van der Waals surface area (Å²) in [4.78, 5) is 16.8. The average Bonchev–Trinajstić information content (AvgIpc) is 3.32. The van der Waals surface area contributed by atoms with E-state index in [2.05, 4.69) is 30.2 Å². The van der Waals surface area contributed by atoms with Crippen molar-refractivity contribution in [2.24, 2.45) is 0 Å². The zero-order valence-electron chi connectivity index (χ0n) is 17.4. The van der Waals surface area contributed by atoms with E-state index in [9.17, 15) is 4.79 Å². The fourth-order valence-electron chi connectivity index (χ4n) is 4.22. The zero-order valence-corrected chi connectivity index (χ0v) is 18.2. The van der Waals surface area contributed by atoms with Gasteiger partial charge in [0.15, 0.2) is 5.58 Å². The van der Waals surface area contributed by atoms with Crippen LogP contribution in [0.15, 0.2) is 44.1 Å². The third kappa shape index (κ3) is 3.53. The Balaban J connectivity index is 0.00000218. The molecule has 1 aliphatic rings. The Hall–Kier alpha value is -2.63. The quantitative estimate of drug-likeness (QED) is 0.449. The normalized spacial score (nSPS) is 13.2. The third-order valence-electron chi connectivity index (χ3n) is 5.74. The maximum absolute atomic E-state index is 12.3. The van der Waals surface area contributed by atoms with E-state index < -0.39 is 0 Å². The van der Waals surface area contributed by atoms with Crippen molar-refractivity contribution in [2.45, 2.75) is 52.6 Å². The van der Waals surface area contributed by atoms with Gasteiger partial charge in [-0.25, -0.2) is 4.79 Å². The van der Waals surface area contributed by atoms with Crippen LogP contribution < -0.4 is 10.9 Å². The van der Waals surface area contributed by atoms with E-state index in [-0.39, 0.29) is 18.0 Å². The Labute approximate surface area is 180 Å². The topological polar surface area (TPSA) is 68.3 Å². The van der Waals surface area contributed by atoms with Gasteiger partial charge in [-0.2, -0.15) is 0 Å². The Morgan fingerprint density at radius 1 is 1.07 bits per heavy atom. The van der Waals surface area contributed by atoms with E-state index in [4.69, 9.17) is 8.83 Å². The first-order chi connectivity index (χ1) is 14.0. The van der Waals surface area contributed by atoms with Crippen LogP contribution in [0.4, 0.5) is 0 Å². The Morgan fingerprint density at radius 3 is 2.60 bits per heavy atom. The summed E-state index contributed by atoms with van der Waals surface area (Å²) in [5, 5.41) is 5.40. The highest BCUT2D eigenvalue weighted by atomic mass is 35.5. The largest absolute Gasteiger partial charge is 0.454 e. The minimum Gasteiger partial charge on any atom is -0.454 e. The van der Waals surface area contributed by atoms with E-state index >= 15 is 0 Å². The van der Waals surface area contributed by atoms with Crippen LogP contribution in [0, 0.1) is 6.92 Å². The number of benzene rings is 1. The fourth-order valence-corrected chi connectivity index (χ4v) is 4.22. The molecule has 5 nitrogen and oxygen atoms in total. The summed E-state index contributed by atoms with van der Waals surface area (Å²) in [5.74, 6) is 0.678. The molecule has 0 unspecified atom stereocenters. The summed E-state index contributed by atoms with van der Waals surface area (Å²) in [7, 11) is 0. The molecule has 0 radical (unpaired) electrons. The van der Waals surface area contributed by atoms with Gasteiger partial charge in [-0.05, 0) is 61.1 Å². The summed E-state index contributed by atoms with van der Waals surface area (Å²) in [6, 6.07) is 8.13. The van der Waals surface area contributed by atoms with Crippen LogP contribution in [-0.2, 0) is 19.4 Å². The van der Waals surface area contributed by atoms with Crippen molar-refractivity contribution in [2.75, 3.05) is 0 Å². The smallest absolute Gasteiger partial charge is 0.336 e. The zero-order chi connectivity index (χ0) is 20.1. The summed E-state index contributed by atoms with van der Waals surface area (Å²) in [6.45, 7) is 6.89. The van der Waals surface area contributed by atoms with Crippen LogP contribution in [0.1, 0.15) is 42.7 Å². The lowest BCUT2D eigenvalue weighted by atomic mass is 10.0. The van der Waals surface area contributed by atoms with Gasteiger partial charge >= 0.3 is 5.63 Å². The van der Waals surface area contributed by atoms with E-state index in [0.717, 1.165) is 52.4 Å². The number of hydrogen-bond donors (Lipinski definition) is 1. The van der Waals surface area contributed by atoms with Crippen LogP contribution in [0.25, 0.3) is 33.3 Å². The first-order valence-corrected chi connectivity index (χ1v) is 10.2. The number of furan rings is 1. The molecule has 5 rings (SSSR count). The van der Waals surface area contributed by atoms with Gasteiger partial charge < -0.3 is 14.2 Å². The molecule has 6 heteroatoms. The van der Waals surface area contributed by atoms with Crippen molar-refractivity contribution in [3.8, 4) is 11.3 Å². The molecular formula is C24H25ClN2O3. The molecule has 0 aliphatic heterocycles. The molecule has 0 spiro atoms. The van der Waals surface area contributed by atoms with Crippen LogP contribution in [-0.4, -0.2) is 11.0 Å².